The van der Waals surface area contributed by atoms with Gasteiger partial charge in [0.2, 0.25) is 11.8 Å². The average molecular weight is 602 g/mol. The molecule has 4 rings (SSSR count). The van der Waals surface area contributed by atoms with E-state index in [9.17, 15) is 27.2 Å². The summed E-state index contributed by atoms with van der Waals surface area (Å²) in [7, 11) is 0. The number of halogens is 4. The van der Waals surface area contributed by atoms with Crippen LogP contribution in [0.4, 0.5) is 28.9 Å². The second-order valence-corrected chi connectivity index (χ2v) is 8.00. The van der Waals surface area contributed by atoms with Gasteiger partial charge in [0.15, 0.2) is 0 Å². The van der Waals surface area contributed by atoms with Crippen LogP contribution in [0, 0.1) is 47.6 Å². The van der Waals surface area contributed by atoms with Crippen molar-refractivity contribution in [3.63, 3.8) is 0 Å². The molecule has 0 heterocycles. The van der Waals surface area contributed by atoms with Crippen LogP contribution in [-0.2, 0) is 31.3 Å². The first-order valence-electron chi connectivity index (χ1n) is 13.0. The Kier molecular flexibility index (Phi) is 19.8. The van der Waals surface area contributed by atoms with Crippen LogP contribution in [0.2, 0.25) is 0 Å². The molecule has 2 aromatic rings. The van der Waals surface area contributed by atoms with Crippen molar-refractivity contribution in [1.82, 2.24) is 0 Å². The Morgan fingerprint density at radius 2 is 1.05 bits per heavy atom. The van der Waals surface area contributed by atoms with Crippen molar-refractivity contribution in [3.05, 3.63) is 108 Å². The molecule has 0 N–H and O–H groups in total. The third kappa shape index (κ3) is 13.8. The Labute approximate surface area is 256 Å². The number of benzene rings is 2. The topological polar surface area (TPSA) is 40.6 Å². The summed E-state index contributed by atoms with van der Waals surface area (Å²) in [6.45, 7) is 7.55. The molecule has 2 aliphatic carbocycles. The van der Waals surface area contributed by atoms with E-state index < -0.39 is 23.3 Å². The van der Waals surface area contributed by atoms with Gasteiger partial charge in [-0.25, -0.2) is 41.9 Å². The van der Waals surface area contributed by atoms with Gasteiger partial charge in [-0.15, -0.1) is 49.2 Å². The Morgan fingerprint density at radius 1 is 0.683 bits per heavy atom. The minimum absolute atomic E-state index is 0. The number of nitrogens with zero attached hydrogens (tertiary/aromatic N) is 2. The molecule has 0 unspecified atom stereocenters. The molecule has 0 saturated carbocycles. The van der Waals surface area contributed by atoms with Gasteiger partial charge in [-0.05, 0) is 25.2 Å². The average Bonchev–Trinajstić information content (AvgIpc) is 3.72. The predicted molar refractivity (Wildman–Crippen MR) is 150 cm³/mol. The summed E-state index contributed by atoms with van der Waals surface area (Å²) in [5.74, 6) is -3.60. The molecule has 2 aromatic carbocycles. The zero-order valence-electron chi connectivity index (χ0n) is 23.7. The number of carbonyl (C=O) groups is 2. The summed E-state index contributed by atoms with van der Waals surface area (Å²) >= 11 is 0. The molecule has 0 spiro atoms. The van der Waals surface area contributed by atoms with Crippen molar-refractivity contribution in [3.8, 4) is 0 Å². The zero-order chi connectivity index (χ0) is 29.9. The van der Waals surface area contributed by atoms with Crippen LogP contribution >= 0.6 is 0 Å². The molecule has 9 heteroatoms. The molecule has 0 atom stereocenters. The van der Waals surface area contributed by atoms with E-state index in [1.165, 1.54) is 21.9 Å². The van der Waals surface area contributed by atoms with Gasteiger partial charge in [0.1, 0.15) is 0 Å². The monoisotopic (exact) mass is 602 g/mol. The van der Waals surface area contributed by atoms with Gasteiger partial charge >= 0.3 is 21.7 Å². The summed E-state index contributed by atoms with van der Waals surface area (Å²) in [6.07, 6.45) is 20.6. The standard InChI is InChI=1S/2C11H12F2NO.2C5H5.Ti/c2*1-3-11(15)14(4-2)10-6-5-8(12)7-9(10)13;2*1-2-4-5-3-1;/h2*5-6H,3-4H2,1-2H3;2*1-3H,4H2;/q4*-1;+4. The molecule has 2 aliphatic rings. The maximum Gasteiger partial charge on any atom is 4.00 e. The maximum atomic E-state index is 13.3. The molecule has 0 aromatic heterocycles. The smallest absolute Gasteiger partial charge is 0.364 e. The fourth-order valence-electron chi connectivity index (χ4n) is 3.31. The molecule has 4 nitrogen and oxygen atoms in total. The summed E-state index contributed by atoms with van der Waals surface area (Å²) < 4.78 is 51.8. The van der Waals surface area contributed by atoms with Gasteiger partial charge in [0.25, 0.3) is 0 Å². The Bertz CT molecular complexity index is 1100. The van der Waals surface area contributed by atoms with E-state index in [2.05, 4.69) is 24.3 Å². The third-order valence-electron chi connectivity index (χ3n) is 5.28. The molecular weight excluding hydrogens is 568 g/mol. The predicted octanol–water partition coefficient (Wildman–Crippen LogP) is 7.66. The molecule has 0 aliphatic heterocycles. The summed E-state index contributed by atoms with van der Waals surface area (Å²) in [6, 6.07) is 8.48. The van der Waals surface area contributed by atoms with Gasteiger partial charge < -0.3 is 9.80 Å². The Morgan fingerprint density at radius 3 is 1.24 bits per heavy atom. The molecule has 0 fully saturated rings. The number of hydrogen-bond acceptors (Lipinski definition) is 2. The first-order valence-corrected chi connectivity index (χ1v) is 13.0. The van der Waals surface area contributed by atoms with E-state index >= 15 is 0 Å². The Balaban J connectivity index is 0.000000573. The van der Waals surface area contributed by atoms with Gasteiger partial charge in [-0.1, -0.05) is 13.8 Å². The van der Waals surface area contributed by atoms with Crippen molar-refractivity contribution >= 4 is 23.2 Å². The fraction of sp³-hybridized carbons (Fsp3) is 0.312. The molecule has 41 heavy (non-hydrogen) atoms. The van der Waals surface area contributed by atoms with Crippen LogP contribution in [0.1, 0.15) is 53.4 Å². The van der Waals surface area contributed by atoms with Crippen LogP contribution < -0.4 is 9.80 Å². The van der Waals surface area contributed by atoms with Gasteiger partial charge in [0.05, 0.1) is 0 Å². The second kappa shape index (κ2) is 21.5. The van der Waals surface area contributed by atoms with Gasteiger partial charge in [0, 0.05) is 49.2 Å². The van der Waals surface area contributed by atoms with Crippen LogP contribution in [0.5, 0.6) is 0 Å². The summed E-state index contributed by atoms with van der Waals surface area (Å²) in [4.78, 5) is 25.4. The van der Waals surface area contributed by atoms with Crippen molar-refractivity contribution in [2.24, 2.45) is 0 Å². The van der Waals surface area contributed by atoms with Crippen molar-refractivity contribution in [2.45, 2.75) is 53.4 Å². The normalized spacial score (nSPS) is 11.7. The van der Waals surface area contributed by atoms with E-state index in [1.807, 2.05) is 36.4 Å². The van der Waals surface area contributed by atoms with Crippen molar-refractivity contribution in [2.75, 3.05) is 22.9 Å². The van der Waals surface area contributed by atoms with Crippen LogP contribution in [0.15, 0.2) is 60.7 Å². The SMILES string of the molecule is CCC(=O)N(CC)c1ccc(F)[c-]c1F.CCC(=O)N(CC)c1ccc(F)[c-]c1F.[C-]1=CC=CC1.[C-]1=CC=CC1.[Ti+4]. The maximum absolute atomic E-state index is 13.3. The Hall–Kier alpha value is -3.23. The number of rotatable bonds is 6. The van der Waals surface area contributed by atoms with Gasteiger partial charge in [-0.3, -0.25) is 21.7 Å². The zero-order valence-corrected chi connectivity index (χ0v) is 25.3. The number of allylic oxidation sites excluding steroid dienone is 8. The fourth-order valence-corrected chi connectivity index (χ4v) is 3.31. The molecule has 0 radical (unpaired) electrons. The quantitative estimate of drug-likeness (QED) is 0.194. The summed E-state index contributed by atoms with van der Waals surface area (Å²) in [5.41, 5.74) is 0.150. The van der Waals surface area contributed by atoms with E-state index in [0.717, 1.165) is 25.0 Å². The number of anilines is 2. The third-order valence-corrected chi connectivity index (χ3v) is 5.28. The van der Waals surface area contributed by atoms with Gasteiger partial charge in [-0.2, -0.15) is 12.2 Å². The minimum atomic E-state index is -0.835. The number of carbonyl (C=O) groups excluding carboxylic acids is 2. The molecule has 0 bridgehead atoms. The largest absolute Gasteiger partial charge is 4.00 e. The molecule has 2 amide bonds. The number of amides is 2. The second-order valence-electron chi connectivity index (χ2n) is 8.00. The van der Waals surface area contributed by atoms with Crippen molar-refractivity contribution in [1.29, 1.82) is 0 Å². The van der Waals surface area contributed by atoms with Crippen LogP contribution in [0.25, 0.3) is 0 Å². The minimum Gasteiger partial charge on any atom is -0.364 e. The van der Waals surface area contributed by atoms with Crippen LogP contribution in [-0.4, -0.2) is 24.9 Å². The molecule has 0 saturated heterocycles. The first-order chi connectivity index (χ1) is 19.2. The first kappa shape index (κ1) is 37.8. The van der Waals surface area contributed by atoms with Crippen LogP contribution in [0.3, 0.4) is 0 Å². The molecule has 216 valence electrons. The van der Waals surface area contributed by atoms with E-state index in [4.69, 9.17) is 0 Å². The van der Waals surface area contributed by atoms with E-state index in [1.54, 1.807) is 27.7 Å². The number of hydrogen-bond donors (Lipinski definition) is 0. The molecular formula is C32H34F4N2O2Ti. The van der Waals surface area contributed by atoms with Crippen molar-refractivity contribution < 1.29 is 48.9 Å². The van der Waals surface area contributed by atoms with E-state index in [0.29, 0.717) is 13.1 Å². The van der Waals surface area contributed by atoms with E-state index in [-0.39, 0.29) is 57.7 Å². The summed E-state index contributed by atoms with van der Waals surface area (Å²) in [5, 5.41) is 0.